The summed E-state index contributed by atoms with van der Waals surface area (Å²) in [6.45, 7) is 7.82. The van der Waals surface area contributed by atoms with E-state index >= 15 is 0 Å². The SMILES string of the molecule is C[C@@H](OCc1ccccc1)[C@@H](NC(=O)OC(C)(C)C)c1ncc(-c2ccc(Br)cc2)[nH]1. The zero-order valence-electron chi connectivity index (χ0n) is 18.2. The molecular weight excluding hydrogens is 458 g/mol. The number of hydrogen-bond acceptors (Lipinski definition) is 4. The number of amides is 1. The fraction of sp³-hybridized carbons (Fsp3) is 0.333. The zero-order chi connectivity index (χ0) is 22.4. The molecule has 0 fully saturated rings. The van der Waals surface area contributed by atoms with E-state index in [9.17, 15) is 4.79 Å². The van der Waals surface area contributed by atoms with Crippen LogP contribution in [0.15, 0.2) is 65.3 Å². The van der Waals surface area contributed by atoms with Gasteiger partial charge in [-0.1, -0.05) is 58.4 Å². The first-order valence-corrected chi connectivity index (χ1v) is 11.0. The first kappa shape index (κ1) is 23.0. The van der Waals surface area contributed by atoms with Gasteiger partial charge >= 0.3 is 6.09 Å². The fourth-order valence-corrected chi connectivity index (χ4v) is 3.28. The summed E-state index contributed by atoms with van der Waals surface area (Å²) in [5, 5.41) is 2.91. The number of hydrogen-bond donors (Lipinski definition) is 2. The molecular formula is C24H28BrN3O3. The van der Waals surface area contributed by atoms with Gasteiger partial charge in [0.25, 0.3) is 0 Å². The number of halogens is 1. The van der Waals surface area contributed by atoms with Gasteiger partial charge in [0.1, 0.15) is 17.5 Å². The molecule has 164 valence electrons. The van der Waals surface area contributed by atoms with E-state index in [0.29, 0.717) is 12.4 Å². The molecule has 0 saturated carbocycles. The van der Waals surface area contributed by atoms with Gasteiger partial charge in [-0.25, -0.2) is 9.78 Å². The number of aromatic amines is 1. The van der Waals surface area contributed by atoms with Gasteiger partial charge < -0.3 is 19.8 Å². The quantitative estimate of drug-likeness (QED) is 0.429. The highest BCUT2D eigenvalue weighted by Gasteiger charge is 2.28. The van der Waals surface area contributed by atoms with Gasteiger partial charge in [0, 0.05) is 4.47 Å². The second kappa shape index (κ2) is 10.1. The van der Waals surface area contributed by atoms with Crippen molar-refractivity contribution in [2.45, 2.75) is 52.0 Å². The number of alkyl carbamates (subject to hydrolysis) is 1. The summed E-state index contributed by atoms with van der Waals surface area (Å²) in [4.78, 5) is 20.3. The van der Waals surface area contributed by atoms with E-state index in [2.05, 4.69) is 31.2 Å². The van der Waals surface area contributed by atoms with Crippen molar-refractivity contribution in [2.24, 2.45) is 0 Å². The van der Waals surface area contributed by atoms with Crippen molar-refractivity contribution in [2.75, 3.05) is 0 Å². The largest absolute Gasteiger partial charge is 0.444 e. The van der Waals surface area contributed by atoms with Gasteiger partial charge in [-0.05, 0) is 51.0 Å². The minimum atomic E-state index is -0.603. The number of ether oxygens (including phenoxy) is 2. The predicted molar refractivity (Wildman–Crippen MR) is 125 cm³/mol. The molecule has 0 aliphatic carbocycles. The van der Waals surface area contributed by atoms with E-state index in [0.717, 1.165) is 21.3 Å². The van der Waals surface area contributed by atoms with Crippen LogP contribution in [0, 0.1) is 0 Å². The summed E-state index contributed by atoms with van der Waals surface area (Å²) in [5.41, 5.74) is 2.30. The molecule has 7 heteroatoms. The summed E-state index contributed by atoms with van der Waals surface area (Å²) >= 11 is 3.45. The molecule has 1 heterocycles. The number of benzene rings is 2. The number of aromatic nitrogens is 2. The highest BCUT2D eigenvalue weighted by Crippen LogP contribution is 2.24. The Bertz CT molecular complexity index is 981. The Kier molecular flexibility index (Phi) is 7.51. The van der Waals surface area contributed by atoms with Crippen LogP contribution in [0.1, 0.15) is 45.1 Å². The van der Waals surface area contributed by atoms with Gasteiger partial charge in [-0.3, -0.25) is 0 Å². The molecule has 0 radical (unpaired) electrons. The van der Waals surface area contributed by atoms with Crippen LogP contribution in [0.3, 0.4) is 0 Å². The molecule has 31 heavy (non-hydrogen) atoms. The van der Waals surface area contributed by atoms with Crippen LogP contribution in [0.2, 0.25) is 0 Å². The van der Waals surface area contributed by atoms with E-state index in [1.807, 2.05) is 82.3 Å². The highest BCUT2D eigenvalue weighted by molar-refractivity contribution is 9.10. The van der Waals surface area contributed by atoms with E-state index in [1.165, 1.54) is 0 Å². The Morgan fingerprint density at radius 2 is 1.81 bits per heavy atom. The van der Waals surface area contributed by atoms with E-state index in [-0.39, 0.29) is 6.10 Å². The van der Waals surface area contributed by atoms with Crippen molar-refractivity contribution in [3.63, 3.8) is 0 Å². The maximum atomic E-state index is 12.5. The topological polar surface area (TPSA) is 76.2 Å². The van der Waals surface area contributed by atoms with E-state index in [4.69, 9.17) is 9.47 Å². The van der Waals surface area contributed by atoms with E-state index in [1.54, 1.807) is 6.20 Å². The highest BCUT2D eigenvalue weighted by atomic mass is 79.9. The lowest BCUT2D eigenvalue weighted by molar-refractivity contribution is 0.0126. The van der Waals surface area contributed by atoms with Gasteiger partial charge in [-0.15, -0.1) is 0 Å². The minimum absolute atomic E-state index is 0.350. The minimum Gasteiger partial charge on any atom is -0.444 e. The van der Waals surface area contributed by atoms with Crippen molar-refractivity contribution in [3.8, 4) is 11.3 Å². The molecule has 0 spiro atoms. The molecule has 1 aromatic heterocycles. The second-order valence-electron chi connectivity index (χ2n) is 8.31. The molecule has 2 aromatic carbocycles. The van der Waals surface area contributed by atoms with Crippen molar-refractivity contribution in [1.82, 2.24) is 15.3 Å². The summed E-state index contributed by atoms with van der Waals surface area (Å²) in [7, 11) is 0. The molecule has 0 aliphatic heterocycles. The summed E-state index contributed by atoms with van der Waals surface area (Å²) in [6.07, 6.45) is 0.887. The van der Waals surface area contributed by atoms with Crippen molar-refractivity contribution in [3.05, 3.63) is 76.7 Å². The first-order valence-electron chi connectivity index (χ1n) is 10.2. The van der Waals surface area contributed by atoms with E-state index < -0.39 is 17.7 Å². The Balaban J connectivity index is 1.79. The fourth-order valence-electron chi connectivity index (χ4n) is 3.01. The van der Waals surface area contributed by atoms with Crippen LogP contribution < -0.4 is 5.32 Å². The maximum Gasteiger partial charge on any atom is 0.408 e. The van der Waals surface area contributed by atoms with Crippen molar-refractivity contribution >= 4 is 22.0 Å². The summed E-state index contributed by atoms with van der Waals surface area (Å²) in [6, 6.07) is 17.3. The standard InChI is InChI=1S/C24H28BrN3O3/c1-16(30-15-17-8-6-5-7-9-17)21(28-23(29)31-24(2,3)4)22-26-14-20(27-22)18-10-12-19(25)13-11-18/h5-14,16,21H,15H2,1-4H3,(H,26,27)(H,28,29)/t16-,21-/m1/s1. The number of carbonyl (C=O) groups is 1. The Hall–Kier alpha value is -2.64. The molecule has 0 aliphatic rings. The van der Waals surface area contributed by atoms with Crippen LogP contribution in [-0.2, 0) is 16.1 Å². The lowest BCUT2D eigenvalue weighted by atomic mass is 10.1. The van der Waals surface area contributed by atoms with Gasteiger partial charge in [0.05, 0.1) is 24.6 Å². The number of nitrogens with one attached hydrogen (secondary N) is 2. The summed E-state index contributed by atoms with van der Waals surface area (Å²) < 4.78 is 12.5. The number of nitrogens with zero attached hydrogens (tertiary/aromatic N) is 1. The molecule has 0 saturated heterocycles. The Labute approximate surface area is 191 Å². The van der Waals surface area contributed by atoms with Crippen LogP contribution in [0.4, 0.5) is 4.79 Å². The molecule has 1 amide bonds. The monoisotopic (exact) mass is 485 g/mol. The van der Waals surface area contributed by atoms with Crippen molar-refractivity contribution < 1.29 is 14.3 Å². The number of H-pyrrole nitrogens is 1. The number of carbonyl (C=O) groups excluding carboxylic acids is 1. The second-order valence-corrected chi connectivity index (χ2v) is 9.23. The van der Waals surface area contributed by atoms with Crippen LogP contribution >= 0.6 is 15.9 Å². The molecule has 2 N–H and O–H groups in total. The third-order valence-corrected chi connectivity index (χ3v) is 5.07. The lowest BCUT2D eigenvalue weighted by Gasteiger charge is -2.26. The lowest BCUT2D eigenvalue weighted by Crippen LogP contribution is -2.40. The molecule has 0 bridgehead atoms. The maximum absolute atomic E-state index is 12.5. The third kappa shape index (κ3) is 6.94. The van der Waals surface area contributed by atoms with Gasteiger partial charge in [-0.2, -0.15) is 0 Å². The number of imidazole rings is 1. The molecule has 0 unspecified atom stereocenters. The third-order valence-electron chi connectivity index (χ3n) is 4.54. The van der Waals surface area contributed by atoms with Crippen molar-refractivity contribution in [1.29, 1.82) is 0 Å². The molecule has 3 rings (SSSR count). The molecule has 3 aromatic rings. The van der Waals surface area contributed by atoms with Gasteiger partial charge in [0.2, 0.25) is 0 Å². The average molecular weight is 486 g/mol. The molecule has 6 nitrogen and oxygen atoms in total. The Morgan fingerprint density at radius 3 is 2.45 bits per heavy atom. The van der Waals surface area contributed by atoms with Gasteiger partial charge in [0.15, 0.2) is 0 Å². The normalized spacial score (nSPS) is 13.5. The molecule has 2 atom stereocenters. The first-order chi connectivity index (χ1) is 14.7. The summed E-state index contributed by atoms with van der Waals surface area (Å²) in [5.74, 6) is 0.601. The van der Waals surface area contributed by atoms with Crippen LogP contribution in [0.5, 0.6) is 0 Å². The predicted octanol–water partition coefficient (Wildman–Crippen LogP) is 6.01. The Morgan fingerprint density at radius 1 is 1.13 bits per heavy atom. The smallest absolute Gasteiger partial charge is 0.408 e. The van der Waals surface area contributed by atoms with Crippen LogP contribution in [0.25, 0.3) is 11.3 Å². The number of rotatable bonds is 7. The zero-order valence-corrected chi connectivity index (χ0v) is 19.8. The van der Waals surface area contributed by atoms with Crippen LogP contribution in [-0.4, -0.2) is 27.8 Å². The average Bonchev–Trinajstić information content (AvgIpc) is 3.20.